The van der Waals surface area contributed by atoms with Gasteiger partial charge >= 0.3 is 5.69 Å². The van der Waals surface area contributed by atoms with Crippen LogP contribution in [0.3, 0.4) is 0 Å². The Bertz CT molecular complexity index is 527. The summed E-state index contributed by atoms with van der Waals surface area (Å²) in [6, 6.07) is 1.02. The molecule has 0 spiro atoms. The predicted octanol–water partition coefficient (Wildman–Crippen LogP) is 1.22. The summed E-state index contributed by atoms with van der Waals surface area (Å²) in [5.74, 6) is 0.668. The second-order valence-corrected chi connectivity index (χ2v) is 5.73. The molecular weight excluding hydrogens is 258 g/mol. The Balaban J connectivity index is 1.96. The van der Waals surface area contributed by atoms with Crippen LogP contribution in [0.5, 0.6) is 0 Å². The van der Waals surface area contributed by atoms with Crippen LogP contribution in [0.25, 0.3) is 0 Å². The second kappa shape index (κ2) is 5.05. The molecule has 2 fully saturated rings. The average molecular weight is 279 g/mol. The van der Waals surface area contributed by atoms with Crippen molar-refractivity contribution in [3.8, 4) is 0 Å². The zero-order valence-corrected chi connectivity index (χ0v) is 12.0. The van der Waals surface area contributed by atoms with Gasteiger partial charge in [-0.05, 0) is 25.7 Å². The third kappa shape index (κ3) is 2.15. The minimum Gasteiger partial charge on any atom is -0.349 e. The topological polar surface area (TPSA) is 76.2 Å². The minimum absolute atomic E-state index is 0.188. The molecule has 7 heteroatoms. The van der Waals surface area contributed by atoms with E-state index in [9.17, 15) is 10.1 Å². The van der Waals surface area contributed by atoms with Gasteiger partial charge in [0, 0.05) is 32.2 Å². The highest BCUT2D eigenvalue weighted by Crippen LogP contribution is 2.34. The molecule has 0 aromatic carbocycles. The van der Waals surface area contributed by atoms with Gasteiger partial charge in [0.1, 0.15) is 5.69 Å². The van der Waals surface area contributed by atoms with E-state index in [1.54, 1.807) is 11.7 Å². The molecular formula is C13H21N5O2. The molecule has 3 heterocycles. The number of aromatic nitrogens is 2. The molecule has 0 amide bonds. The minimum atomic E-state index is -0.280. The maximum Gasteiger partial charge on any atom is 0.334 e. The van der Waals surface area contributed by atoms with Crippen LogP contribution >= 0.6 is 0 Å². The quantitative estimate of drug-likeness (QED) is 0.665. The first-order chi connectivity index (χ1) is 9.60. The first-order valence-corrected chi connectivity index (χ1v) is 7.31. The highest BCUT2D eigenvalue weighted by atomic mass is 16.6. The zero-order chi connectivity index (χ0) is 14.3. The van der Waals surface area contributed by atoms with Crippen LogP contribution in [0.2, 0.25) is 0 Å². The SMILES string of the molecule is CCc1nn(C)c(N2CCC3CCC(C2)N3)c1[N+](=O)[O-]. The molecule has 1 N–H and O–H groups in total. The number of aryl methyl sites for hydroxylation is 2. The molecule has 110 valence electrons. The molecule has 2 aliphatic rings. The maximum atomic E-state index is 11.4. The predicted molar refractivity (Wildman–Crippen MR) is 76.0 cm³/mol. The fourth-order valence-corrected chi connectivity index (χ4v) is 3.47. The van der Waals surface area contributed by atoms with Crippen LogP contribution in [0.4, 0.5) is 11.5 Å². The smallest absolute Gasteiger partial charge is 0.334 e. The van der Waals surface area contributed by atoms with E-state index in [4.69, 9.17) is 0 Å². The average Bonchev–Trinajstić information content (AvgIpc) is 2.90. The van der Waals surface area contributed by atoms with E-state index in [-0.39, 0.29) is 10.6 Å². The summed E-state index contributed by atoms with van der Waals surface area (Å²) >= 11 is 0. The van der Waals surface area contributed by atoms with Gasteiger partial charge in [0.05, 0.1) is 4.92 Å². The number of nitrogens with zero attached hydrogens (tertiary/aromatic N) is 4. The molecule has 0 saturated carbocycles. The van der Waals surface area contributed by atoms with Crippen molar-refractivity contribution in [2.75, 3.05) is 18.0 Å². The third-order valence-corrected chi connectivity index (χ3v) is 4.40. The van der Waals surface area contributed by atoms with Crippen molar-refractivity contribution in [3.05, 3.63) is 15.8 Å². The van der Waals surface area contributed by atoms with E-state index in [1.165, 1.54) is 6.42 Å². The molecule has 1 aromatic rings. The van der Waals surface area contributed by atoms with E-state index in [0.29, 0.717) is 30.0 Å². The molecule has 3 rings (SSSR count). The van der Waals surface area contributed by atoms with Crippen molar-refractivity contribution in [3.63, 3.8) is 0 Å². The monoisotopic (exact) mass is 279 g/mol. The van der Waals surface area contributed by atoms with Crippen molar-refractivity contribution in [2.45, 2.75) is 44.7 Å². The molecule has 0 radical (unpaired) electrons. The summed E-state index contributed by atoms with van der Waals surface area (Å²) in [6.45, 7) is 3.60. The van der Waals surface area contributed by atoms with Crippen LogP contribution in [0.1, 0.15) is 31.9 Å². The van der Waals surface area contributed by atoms with Gasteiger partial charge in [0.25, 0.3) is 0 Å². The molecule has 2 saturated heterocycles. The first kappa shape index (κ1) is 13.4. The summed E-state index contributed by atoms with van der Waals surface area (Å²) < 4.78 is 1.68. The van der Waals surface area contributed by atoms with Crippen molar-refractivity contribution >= 4 is 11.5 Å². The highest BCUT2D eigenvalue weighted by Gasteiger charge is 2.35. The molecule has 2 aliphatic heterocycles. The summed E-state index contributed by atoms with van der Waals surface area (Å²) in [6.07, 6.45) is 4.02. The Kier molecular flexibility index (Phi) is 3.37. The summed E-state index contributed by atoms with van der Waals surface area (Å²) in [7, 11) is 1.80. The number of nitrogens with one attached hydrogen (secondary N) is 1. The Morgan fingerprint density at radius 2 is 2.15 bits per heavy atom. The fourth-order valence-electron chi connectivity index (χ4n) is 3.47. The fraction of sp³-hybridized carbons (Fsp3) is 0.769. The maximum absolute atomic E-state index is 11.4. The number of anilines is 1. The van der Waals surface area contributed by atoms with Crippen molar-refractivity contribution in [1.29, 1.82) is 0 Å². The van der Waals surface area contributed by atoms with E-state index >= 15 is 0 Å². The third-order valence-electron chi connectivity index (χ3n) is 4.40. The molecule has 2 bridgehead atoms. The molecule has 2 unspecified atom stereocenters. The van der Waals surface area contributed by atoms with Gasteiger partial charge in [-0.25, -0.2) is 4.68 Å². The molecule has 7 nitrogen and oxygen atoms in total. The summed E-state index contributed by atoms with van der Waals surface area (Å²) in [5.41, 5.74) is 0.766. The summed E-state index contributed by atoms with van der Waals surface area (Å²) in [4.78, 5) is 13.3. The van der Waals surface area contributed by atoms with Crippen LogP contribution < -0.4 is 10.2 Å². The van der Waals surface area contributed by atoms with Gasteiger partial charge in [-0.2, -0.15) is 5.10 Å². The van der Waals surface area contributed by atoms with Crippen molar-refractivity contribution in [2.24, 2.45) is 7.05 Å². The Morgan fingerprint density at radius 1 is 1.40 bits per heavy atom. The van der Waals surface area contributed by atoms with Gasteiger partial charge in [-0.1, -0.05) is 6.92 Å². The molecule has 2 atom stereocenters. The van der Waals surface area contributed by atoms with Gasteiger partial charge in [0.15, 0.2) is 0 Å². The van der Waals surface area contributed by atoms with E-state index in [1.807, 2.05) is 6.92 Å². The van der Waals surface area contributed by atoms with Gasteiger partial charge in [0.2, 0.25) is 5.82 Å². The standard InChI is InChI=1S/C13H21N5O2/c1-3-11-12(18(19)20)13(16(2)15-11)17-7-6-9-4-5-10(8-17)14-9/h9-10,14H,3-8H2,1-2H3. The second-order valence-electron chi connectivity index (χ2n) is 5.73. The van der Waals surface area contributed by atoms with Crippen LogP contribution in [-0.4, -0.2) is 39.9 Å². The lowest BCUT2D eigenvalue weighted by atomic mass is 10.1. The Hall–Kier alpha value is -1.63. The number of hydrogen-bond donors (Lipinski definition) is 1. The van der Waals surface area contributed by atoms with E-state index < -0.39 is 0 Å². The highest BCUT2D eigenvalue weighted by molar-refractivity contribution is 5.62. The lowest BCUT2D eigenvalue weighted by Crippen LogP contribution is -2.36. The Labute approximate surface area is 118 Å². The number of fused-ring (bicyclic) bond motifs is 2. The summed E-state index contributed by atoms with van der Waals surface area (Å²) in [5, 5.41) is 19.3. The van der Waals surface area contributed by atoms with Gasteiger partial charge in [-0.3, -0.25) is 10.1 Å². The van der Waals surface area contributed by atoms with Crippen LogP contribution in [-0.2, 0) is 13.5 Å². The first-order valence-electron chi connectivity index (χ1n) is 7.31. The zero-order valence-electron chi connectivity index (χ0n) is 12.0. The van der Waals surface area contributed by atoms with Gasteiger partial charge < -0.3 is 10.2 Å². The lowest BCUT2D eigenvalue weighted by molar-refractivity contribution is -0.384. The van der Waals surface area contributed by atoms with Crippen molar-refractivity contribution < 1.29 is 4.92 Å². The molecule has 1 aromatic heterocycles. The largest absolute Gasteiger partial charge is 0.349 e. The van der Waals surface area contributed by atoms with E-state index in [2.05, 4.69) is 15.3 Å². The normalized spacial score (nSPS) is 25.8. The van der Waals surface area contributed by atoms with E-state index in [0.717, 1.165) is 25.9 Å². The van der Waals surface area contributed by atoms with Gasteiger partial charge in [-0.15, -0.1) is 0 Å². The van der Waals surface area contributed by atoms with Crippen LogP contribution in [0.15, 0.2) is 0 Å². The number of hydrogen-bond acceptors (Lipinski definition) is 5. The lowest BCUT2D eigenvalue weighted by Gasteiger charge is -2.25. The number of nitro groups is 1. The van der Waals surface area contributed by atoms with Crippen LogP contribution in [0, 0.1) is 10.1 Å². The molecule has 20 heavy (non-hydrogen) atoms. The Morgan fingerprint density at radius 3 is 2.85 bits per heavy atom. The number of rotatable bonds is 3. The van der Waals surface area contributed by atoms with Crippen molar-refractivity contribution in [1.82, 2.24) is 15.1 Å². The molecule has 0 aliphatic carbocycles.